The summed E-state index contributed by atoms with van der Waals surface area (Å²) < 4.78 is 4.72. The van der Waals surface area contributed by atoms with E-state index in [4.69, 9.17) is 9.97 Å². The molecule has 0 saturated carbocycles. The average molecular weight is 813 g/mol. The Labute approximate surface area is 367 Å². The first-order chi connectivity index (χ1) is 31.7. The van der Waals surface area contributed by atoms with E-state index in [0.717, 1.165) is 55.1 Å². The van der Waals surface area contributed by atoms with Gasteiger partial charge in [0.1, 0.15) is 0 Å². The lowest BCUT2D eigenvalue weighted by molar-refractivity contribution is 0.997. The Bertz CT molecular complexity index is 4090. The van der Waals surface area contributed by atoms with E-state index < -0.39 is 0 Å². The maximum atomic E-state index is 5.47. The minimum Gasteiger partial charge on any atom is -0.309 e. The van der Waals surface area contributed by atoms with E-state index in [1.165, 1.54) is 70.9 Å². The highest BCUT2D eigenvalue weighted by Gasteiger charge is 2.22. The van der Waals surface area contributed by atoms with Crippen LogP contribution in [0.2, 0.25) is 0 Å². The van der Waals surface area contributed by atoms with Crippen molar-refractivity contribution in [3.05, 3.63) is 218 Å². The maximum absolute atomic E-state index is 5.47. The Kier molecular flexibility index (Phi) is 7.36. The fraction of sp³-hybridized carbons (Fsp3) is 0. The van der Waals surface area contributed by atoms with Crippen LogP contribution >= 0.6 is 0 Å². The van der Waals surface area contributed by atoms with Crippen molar-refractivity contribution in [1.82, 2.24) is 19.1 Å². The van der Waals surface area contributed by atoms with Crippen molar-refractivity contribution in [3.63, 3.8) is 0 Å². The highest BCUT2D eigenvalue weighted by molar-refractivity contribution is 6.27. The Hall–Kier alpha value is -8.60. The molecule has 0 amide bonds. The second-order valence-electron chi connectivity index (χ2n) is 16.9. The second kappa shape index (κ2) is 13.4. The number of rotatable bonds is 5. The van der Waals surface area contributed by atoms with Gasteiger partial charge in [-0.15, -0.1) is 0 Å². The van der Waals surface area contributed by atoms with Crippen molar-refractivity contribution < 1.29 is 0 Å². The zero-order chi connectivity index (χ0) is 41.9. The summed E-state index contributed by atoms with van der Waals surface area (Å²) in [5, 5.41) is 14.6. The van der Waals surface area contributed by atoms with Gasteiger partial charge in [0.15, 0.2) is 0 Å². The average Bonchev–Trinajstić information content (AvgIpc) is 3.88. The van der Waals surface area contributed by atoms with Gasteiger partial charge in [-0.25, -0.2) is 9.97 Å². The Morgan fingerprint density at radius 3 is 1.55 bits per heavy atom. The molecule has 0 unspecified atom stereocenters. The molecular formula is C60H36N4. The molecule has 0 bridgehead atoms. The van der Waals surface area contributed by atoms with E-state index in [1.54, 1.807) is 0 Å². The van der Waals surface area contributed by atoms with Crippen molar-refractivity contribution in [2.75, 3.05) is 0 Å². The molecule has 11 aromatic carbocycles. The first kappa shape index (κ1) is 35.0. The quantitative estimate of drug-likeness (QED) is 0.162. The molecule has 0 spiro atoms. The fourth-order valence-electron chi connectivity index (χ4n) is 10.7. The summed E-state index contributed by atoms with van der Waals surface area (Å²) in [6.07, 6.45) is 0. The topological polar surface area (TPSA) is 35.6 Å². The first-order valence-corrected chi connectivity index (χ1v) is 21.9. The molecule has 0 aliphatic carbocycles. The van der Waals surface area contributed by atoms with Gasteiger partial charge in [-0.1, -0.05) is 176 Å². The molecule has 3 aromatic heterocycles. The number of para-hydroxylation sites is 1. The van der Waals surface area contributed by atoms with Gasteiger partial charge in [0.25, 0.3) is 0 Å². The third-order valence-electron chi connectivity index (χ3n) is 13.5. The molecule has 0 aliphatic rings. The van der Waals surface area contributed by atoms with Crippen LogP contribution in [0.4, 0.5) is 0 Å². The Morgan fingerprint density at radius 1 is 0.281 bits per heavy atom. The second-order valence-corrected chi connectivity index (χ2v) is 16.9. The standard InChI is InChI=1S/C60H36N4/c1-4-20-42-37(13-1)16-9-24-46(42)51-36-52(47-25-10-17-38-14-2-5-21-43(38)47)62-60(61-51)64-54-26-8-7-23-48(54)50-35-41(30-33-55(50)64)44-32-34-57-59-49(44)31-29-40-19-12-28-56(58(40)59)63(57)53-27-11-18-39-15-3-6-22-45(39)53/h1-36H. The smallest absolute Gasteiger partial charge is 0.235 e. The summed E-state index contributed by atoms with van der Waals surface area (Å²) in [5.74, 6) is 0.639. The van der Waals surface area contributed by atoms with Gasteiger partial charge >= 0.3 is 0 Å². The van der Waals surface area contributed by atoms with Gasteiger partial charge in [-0.2, -0.15) is 0 Å². The maximum Gasteiger partial charge on any atom is 0.235 e. The zero-order valence-electron chi connectivity index (χ0n) is 34.6. The van der Waals surface area contributed by atoms with Crippen molar-refractivity contribution >= 4 is 86.7 Å². The minimum absolute atomic E-state index is 0.639. The van der Waals surface area contributed by atoms with Crippen molar-refractivity contribution in [3.8, 4) is 45.3 Å². The largest absolute Gasteiger partial charge is 0.309 e. The highest BCUT2D eigenvalue weighted by atomic mass is 15.2. The van der Waals surface area contributed by atoms with Crippen LogP contribution in [0.25, 0.3) is 132 Å². The molecule has 64 heavy (non-hydrogen) atoms. The normalized spacial score (nSPS) is 12.1. The van der Waals surface area contributed by atoms with Crippen molar-refractivity contribution in [2.45, 2.75) is 0 Å². The molecule has 14 aromatic rings. The molecule has 296 valence electrons. The molecule has 0 fully saturated rings. The molecule has 0 atom stereocenters. The first-order valence-electron chi connectivity index (χ1n) is 21.9. The molecule has 3 heterocycles. The lowest BCUT2D eigenvalue weighted by Crippen LogP contribution is -2.04. The molecule has 0 aliphatic heterocycles. The third kappa shape index (κ3) is 5.05. The number of hydrogen-bond donors (Lipinski definition) is 0. The number of fused-ring (bicyclic) bond motifs is 6. The predicted molar refractivity (Wildman–Crippen MR) is 268 cm³/mol. The van der Waals surface area contributed by atoms with Gasteiger partial charge in [0.05, 0.1) is 39.1 Å². The predicted octanol–water partition coefficient (Wildman–Crippen LogP) is 15.7. The molecule has 4 nitrogen and oxygen atoms in total. The molecule has 0 radical (unpaired) electrons. The minimum atomic E-state index is 0.639. The van der Waals surface area contributed by atoms with E-state index in [0.29, 0.717) is 5.95 Å². The van der Waals surface area contributed by atoms with Gasteiger partial charge in [-0.05, 0) is 91.3 Å². The third-order valence-corrected chi connectivity index (χ3v) is 13.5. The number of aromatic nitrogens is 4. The molecular weight excluding hydrogens is 777 g/mol. The van der Waals surface area contributed by atoms with E-state index in [-0.39, 0.29) is 0 Å². The van der Waals surface area contributed by atoms with Crippen molar-refractivity contribution in [1.29, 1.82) is 0 Å². The van der Waals surface area contributed by atoms with Crippen LogP contribution < -0.4 is 0 Å². The van der Waals surface area contributed by atoms with Gasteiger partial charge in [-0.3, -0.25) is 4.57 Å². The summed E-state index contributed by atoms with van der Waals surface area (Å²) in [6, 6.07) is 79.1. The van der Waals surface area contributed by atoms with E-state index in [1.807, 2.05) is 0 Å². The number of nitrogens with zero attached hydrogens (tertiary/aromatic N) is 4. The lowest BCUT2D eigenvalue weighted by atomic mass is 9.94. The Balaban J connectivity index is 1.00. The summed E-state index contributed by atoms with van der Waals surface area (Å²) in [6.45, 7) is 0. The van der Waals surface area contributed by atoms with Crippen LogP contribution in [0.1, 0.15) is 0 Å². The summed E-state index contributed by atoms with van der Waals surface area (Å²) in [7, 11) is 0. The van der Waals surface area contributed by atoms with E-state index in [2.05, 4.69) is 228 Å². The fourth-order valence-corrected chi connectivity index (χ4v) is 10.7. The molecule has 0 saturated heterocycles. The Morgan fingerprint density at radius 2 is 0.812 bits per heavy atom. The summed E-state index contributed by atoms with van der Waals surface area (Å²) >= 11 is 0. The molecule has 4 heteroatoms. The SMILES string of the molecule is c1ccc2c(-c3cc(-c4cccc5ccccc45)nc(-n4c5ccccc5c5cc(-c6ccc7c8c6ccc6cccc(c68)n7-c6cccc7ccccc67)ccc54)n3)cccc2c1. The summed E-state index contributed by atoms with van der Waals surface area (Å²) in [5.41, 5.74) is 12.1. The van der Waals surface area contributed by atoms with Crippen LogP contribution in [0.15, 0.2) is 218 Å². The van der Waals surface area contributed by atoms with Crippen molar-refractivity contribution in [2.24, 2.45) is 0 Å². The van der Waals surface area contributed by atoms with Crippen LogP contribution in [0.3, 0.4) is 0 Å². The molecule has 0 N–H and O–H groups in total. The van der Waals surface area contributed by atoms with Gasteiger partial charge < -0.3 is 4.57 Å². The van der Waals surface area contributed by atoms with Gasteiger partial charge in [0, 0.05) is 38.1 Å². The zero-order valence-corrected chi connectivity index (χ0v) is 34.6. The van der Waals surface area contributed by atoms with Gasteiger partial charge in [0.2, 0.25) is 5.95 Å². The van der Waals surface area contributed by atoms with Crippen LogP contribution in [0.5, 0.6) is 0 Å². The summed E-state index contributed by atoms with van der Waals surface area (Å²) in [4.78, 5) is 10.9. The van der Waals surface area contributed by atoms with E-state index >= 15 is 0 Å². The van der Waals surface area contributed by atoms with Crippen LogP contribution in [-0.4, -0.2) is 19.1 Å². The van der Waals surface area contributed by atoms with E-state index in [9.17, 15) is 0 Å². The lowest BCUT2D eigenvalue weighted by Gasteiger charge is -2.14. The number of hydrogen-bond acceptors (Lipinski definition) is 2. The van der Waals surface area contributed by atoms with Crippen LogP contribution in [0, 0.1) is 0 Å². The van der Waals surface area contributed by atoms with Crippen LogP contribution in [-0.2, 0) is 0 Å². The highest BCUT2D eigenvalue weighted by Crippen LogP contribution is 2.45. The molecule has 14 rings (SSSR count). The monoisotopic (exact) mass is 812 g/mol. The number of benzene rings is 11.